The maximum atomic E-state index is 10.4. The molecule has 0 amide bonds. The van der Waals surface area contributed by atoms with Gasteiger partial charge in [0.2, 0.25) is 0 Å². The molecule has 1 atom stereocenters. The fourth-order valence-electron chi connectivity index (χ4n) is 1.04. The molecule has 0 aliphatic heterocycles. The molecule has 0 bridgehead atoms. The summed E-state index contributed by atoms with van der Waals surface area (Å²) in [6.45, 7) is 3.38. The molecule has 5 heteroatoms. The zero-order valence-corrected chi connectivity index (χ0v) is 9.79. The number of oxime groups is 1. The van der Waals surface area contributed by atoms with E-state index in [2.05, 4.69) is 5.16 Å². The first-order chi connectivity index (χ1) is 8.09. The molecule has 1 rings (SSSR count). The lowest BCUT2D eigenvalue weighted by Gasteiger charge is -2.13. The highest BCUT2D eigenvalue weighted by Crippen LogP contribution is 2.10. The third kappa shape index (κ3) is 5.01. The summed E-state index contributed by atoms with van der Waals surface area (Å²) >= 11 is 0. The monoisotopic (exact) mass is 237 g/mol. The fourth-order valence-corrected chi connectivity index (χ4v) is 1.04. The molecule has 0 fully saturated rings. The van der Waals surface area contributed by atoms with E-state index in [9.17, 15) is 4.79 Å². The van der Waals surface area contributed by atoms with Crippen molar-refractivity contribution in [1.29, 1.82) is 0 Å². The number of rotatable bonds is 6. The van der Waals surface area contributed by atoms with Crippen LogP contribution in [-0.4, -0.2) is 29.5 Å². The molecular formula is C12H15NO4. The van der Waals surface area contributed by atoms with Crippen LogP contribution >= 0.6 is 0 Å². The van der Waals surface area contributed by atoms with Gasteiger partial charge in [-0.1, -0.05) is 23.4 Å². The fraction of sp³-hybridized carbons (Fsp3) is 0.333. The highest BCUT2D eigenvalue weighted by Gasteiger charge is 2.06. The van der Waals surface area contributed by atoms with Gasteiger partial charge in [0.25, 0.3) is 0 Å². The molecule has 0 spiro atoms. The minimum absolute atomic E-state index is 0.0862. The van der Waals surface area contributed by atoms with Crippen molar-refractivity contribution in [3.05, 3.63) is 30.3 Å². The number of carbonyl (C=O) groups is 1. The van der Waals surface area contributed by atoms with E-state index < -0.39 is 5.97 Å². The van der Waals surface area contributed by atoms with Crippen LogP contribution in [0.15, 0.2) is 35.5 Å². The molecule has 0 aliphatic carbocycles. The Labute approximate surface area is 99.7 Å². The lowest BCUT2D eigenvalue weighted by atomic mass is 10.3. The zero-order valence-electron chi connectivity index (χ0n) is 9.79. The lowest BCUT2D eigenvalue weighted by Crippen LogP contribution is -2.18. The van der Waals surface area contributed by atoms with Crippen molar-refractivity contribution in [3.8, 4) is 5.75 Å². The molecule has 0 saturated carbocycles. The average molecular weight is 237 g/mol. The molecule has 1 aromatic carbocycles. The van der Waals surface area contributed by atoms with Crippen LogP contribution in [0.2, 0.25) is 0 Å². The van der Waals surface area contributed by atoms with Crippen molar-refractivity contribution in [1.82, 2.24) is 0 Å². The van der Waals surface area contributed by atoms with Gasteiger partial charge in [-0.2, -0.15) is 0 Å². The predicted molar refractivity (Wildman–Crippen MR) is 63.2 cm³/mol. The second kappa shape index (κ2) is 6.52. The maximum Gasteiger partial charge on any atom is 0.353 e. The van der Waals surface area contributed by atoms with Gasteiger partial charge in [0.05, 0.1) is 0 Å². The summed E-state index contributed by atoms with van der Waals surface area (Å²) in [4.78, 5) is 15.3. The van der Waals surface area contributed by atoms with Crippen molar-refractivity contribution in [2.75, 3.05) is 6.61 Å². The van der Waals surface area contributed by atoms with Gasteiger partial charge in [-0.05, 0) is 26.0 Å². The Balaban J connectivity index is 2.34. The molecule has 0 aliphatic rings. The van der Waals surface area contributed by atoms with Crippen LogP contribution in [0.5, 0.6) is 5.75 Å². The van der Waals surface area contributed by atoms with Crippen LogP contribution < -0.4 is 4.74 Å². The summed E-state index contributed by atoms with van der Waals surface area (Å²) in [5.41, 5.74) is -0.0862. The smallest absolute Gasteiger partial charge is 0.353 e. The zero-order chi connectivity index (χ0) is 12.7. The van der Waals surface area contributed by atoms with E-state index in [1.807, 2.05) is 37.3 Å². The summed E-state index contributed by atoms with van der Waals surface area (Å²) in [6, 6.07) is 9.31. The molecule has 0 heterocycles. The summed E-state index contributed by atoms with van der Waals surface area (Å²) in [7, 11) is 0. The topological polar surface area (TPSA) is 68.1 Å². The van der Waals surface area contributed by atoms with Gasteiger partial charge in [0.15, 0.2) is 12.3 Å². The number of hydrogen-bond acceptors (Lipinski definition) is 4. The highest BCUT2D eigenvalue weighted by atomic mass is 16.6. The van der Waals surface area contributed by atoms with E-state index in [1.165, 1.54) is 6.92 Å². The summed E-state index contributed by atoms with van der Waals surface area (Å²) in [5, 5.41) is 12.0. The Hall–Kier alpha value is -2.04. The van der Waals surface area contributed by atoms with Crippen molar-refractivity contribution in [2.24, 2.45) is 5.16 Å². The van der Waals surface area contributed by atoms with Crippen molar-refractivity contribution in [2.45, 2.75) is 20.0 Å². The van der Waals surface area contributed by atoms with Crippen LogP contribution in [0.3, 0.4) is 0 Å². The van der Waals surface area contributed by atoms with Gasteiger partial charge in [0, 0.05) is 0 Å². The van der Waals surface area contributed by atoms with Crippen LogP contribution in [0.4, 0.5) is 0 Å². The Morgan fingerprint density at radius 1 is 1.41 bits per heavy atom. The van der Waals surface area contributed by atoms with Crippen LogP contribution in [0, 0.1) is 0 Å². The number of hydrogen-bond donors (Lipinski definition) is 1. The van der Waals surface area contributed by atoms with E-state index in [0.717, 1.165) is 5.75 Å². The third-order valence-electron chi connectivity index (χ3n) is 1.90. The number of carboxylic acid groups (broad SMARTS) is 1. The summed E-state index contributed by atoms with van der Waals surface area (Å²) in [5.74, 6) is -0.357. The van der Waals surface area contributed by atoms with Crippen molar-refractivity contribution >= 4 is 11.7 Å². The van der Waals surface area contributed by atoms with Gasteiger partial charge in [-0.25, -0.2) is 4.79 Å². The molecule has 5 nitrogen and oxygen atoms in total. The van der Waals surface area contributed by atoms with E-state index in [1.54, 1.807) is 0 Å². The summed E-state index contributed by atoms with van der Waals surface area (Å²) < 4.78 is 5.51. The number of para-hydroxylation sites is 1. The van der Waals surface area contributed by atoms with Crippen LogP contribution in [-0.2, 0) is 9.63 Å². The number of benzene rings is 1. The first kappa shape index (κ1) is 13.0. The standard InChI is InChI=1S/C12H15NO4/c1-9(8-16-13-10(2)12(14)15)17-11-6-4-3-5-7-11/h3-7,9H,8H2,1-2H3,(H,14,15)/b13-10+. The average Bonchev–Trinajstić information content (AvgIpc) is 2.30. The Bertz CT molecular complexity index is 389. The van der Waals surface area contributed by atoms with Gasteiger partial charge in [-0.3, -0.25) is 0 Å². The van der Waals surface area contributed by atoms with E-state index in [0.29, 0.717) is 0 Å². The molecule has 1 unspecified atom stereocenters. The molecule has 17 heavy (non-hydrogen) atoms. The first-order valence-corrected chi connectivity index (χ1v) is 5.21. The minimum Gasteiger partial charge on any atom is -0.487 e. The highest BCUT2D eigenvalue weighted by molar-refractivity contribution is 6.34. The Morgan fingerprint density at radius 2 is 2.06 bits per heavy atom. The van der Waals surface area contributed by atoms with Crippen molar-refractivity contribution < 1.29 is 19.5 Å². The van der Waals surface area contributed by atoms with Gasteiger partial charge in [0.1, 0.15) is 11.9 Å². The predicted octanol–water partition coefficient (Wildman–Crippen LogP) is 1.93. The number of nitrogens with zero attached hydrogens (tertiary/aromatic N) is 1. The molecule has 0 aromatic heterocycles. The van der Waals surface area contributed by atoms with Crippen LogP contribution in [0.25, 0.3) is 0 Å². The second-order valence-corrected chi connectivity index (χ2v) is 3.52. The normalized spacial score (nSPS) is 12.9. The summed E-state index contributed by atoms with van der Waals surface area (Å²) in [6.07, 6.45) is -0.206. The quantitative estimate of drug-likeness (QED) is 0.606. The Kier molecular flexibility index (Phi) is 5.00. The lowest BCUT2D eigenvalue weighted by molar-refractivity contribution is -0.129. The van der Waals surface area contributed by atoms with Gasteiger partial charge >= 0.3 is 5.97 Å². The first-order valence-electron chi connectivity index (χ1n) is 5.21. The number of carboxylic acids is 1. The molecule has 1 N–H and O–H groups in total. The van der Waals surface area contributed by atoms with Crippen LogP contribution in [0.1, 0.15) is 13.8 Å². The third-order valence-corrected chi connectivity index (χ3v) is 1.90. The largest absolute Gasteiger partial charge is 0.487 e. The SMILES string of the molecule is C/C(=N\OCC(C)Oc1ccccc1)C(=O)O. The van der Waals surface area contributed by atoms with Crippen molar-refractivity contribution in [3.63, 3.8) is 0 Å². The molecular weight excluding hydrogens is 222 g/mol. The van der Waals surface area contributed by atoms with Gasteiger partial charge < -0.3 is 14.7 Å². The van der Waals surface area contributed by atoms with E-state index in [-0.39, 0.29) is 18.4 Å². The molecule has 0 saturated heterocycles. The maximum absolute atomic E-state index is 10.4. The molecule has 0 radical (unpaired) electrons. The molecule has 92 valence electrons. The van der Waals surface area contributed by atoms with E-state index >= 15 is 0 Å². The van der Waals surface area contributed by atoms with E-state index in [4.69, 9.17) is 14.7 Å². The number of ether oxygens (including phenoxy) is 1. The van der Waals surface area contributed by atoms with Gasteiger partial charge in [-0.15, -0.1) is 0 Å². The second-order valence-electron chi connectivity index (χ2n) is 3.52. The Morgan fingerprint density at radius 3 is 2.65 bits per heavy atom. The number of aliphatic carboxylic acids is 1. The molecule has 1 aromatic rings. The minimum atomic E-state index is -1.10.